The molecule has 0 bridgehead atoms. The summed E-state index contributed by atoms with van der Waals surface area (Å²) in [6.45, 7) is 1.91. The van der Waals surface area contributed by atoms with Gasteiger partial charge >= 0.3 is 0 Å². The van der Waals surface area contributed by atoms with Crippen molar-refractivity contribution in [2.24, 2.45) is 5.84 Å². The molecule has 88 valence electrons. The van der Waals surface area contributed by atoms with Gasteiger partial charge in [-0.2, -0.15) is 0 Å². The lowest BCUT2D eigenvalue weighted by Gasteiger charge is -2.05. The Morgan fingerprint density at radius 3 is 2.88 bits per heavy atom. The molecule has 0 amide bonds. The third-order valence-corrected chi connectivity index (χ3v) is 3.75. The third-order valence-electron chi connectivity index (χ3n) is 1.85. The summed E-state index contributed by atoms with van der Waals surface area (Å²) < 4.78 is 0.692. The van der Waals surface area contributed by atoms with Crippen LogP contribution in [0.25, 0.3) is 0 Å². The van der Waals surface area contributed by atoms with E-state index in [-0.39, 0.29) is 0 Å². The highest BCUT2D eigenvalue weighted by atomic mass is 79.9. The van der Waals surface area contributed by atoms with Gasteiger partial charge in [0.2, 0.25) is 0 Å². The molecule has 3 N–H and O–H groups in total. The Balaban J connectivity index is 2.30. The highest BCUT2D eigenvalue weighted by molar-refractivity contribution is 9.10. The molecule has 0 saturated heterocycles. The van der Waals surface area contributed by atoms with E-state index in [1.165, 1.54) is 18.1 Å². The minimum absolute atomic E-state index is 0.523. The lowest BCUT2D eigenvalue weighted by Crippen LogP contribution is -2.09. The topological polar surface area (TPSA) is 89.6 Å². The van der Waals surface area contributed by atoms with Gasteiger partial charge in [0.25, 0.3) is 0 Å². The van der Waals surface area contributed by atoms with Crippen LogP contribution in [0.4, 0.5) is 5.82 Å². The number of anilines is 1. The summed E-state index contributed by atoms with van der Waals surface area (Å²) >= 11 is 4.72. The predicted octanol–water partition coefficient (Wildman–Crippen LogP) is 1.77. The zero-order chi connectivity index (χ0) is 12.3. The van der Waals surface area contributed by atoms with Crippen LogP contribution in [0.1, 0.15) is 5.69 Å². The number of hydrazine groups is 1. The molecule has 2 aromatic heterocycles. The van der Waals surface area contributed by atoms with Crippen molar-refractivity contribution >= 4 is 33.5 Å². The van der Waals surface area contributed by atoms with Gasteiger partial charge in [-0.1, -0.05) is 0 Å². The molecule has 0 fully saturated rings. The van der Waals surface area contributed by atoms with Gasteiger partial charge < -0.3 is 5.43 Å². The van der Waals surface area contributed by atoms with Crippen LogP contribution in [0.2, 0.25) is 0 Å². The maximum absolute atomic E-state index is 5.33. The molecular formula is C9H9BrN6S. The standard InChI is InChI=1S/C9H9BrN6S/c1-5-2-3-12-9(15-5)17-8-6(10)7(16-11)13-4-14-8/h2-4H,11H2,1H3,(H,13,14,16). The van der Waals surface area contributed by atoms with Crippen molar-refractivity contribution in [1.82, 2.24) is 19.9 Å². The Labute approximate surface area is 111 Å². The first-order chi connectivity index (χ1) is 8.20. The second kappa shape index (κ2) is 5.39. The Hall–Kier alpha value is -1.25. The highest BCUT2D eigenvalue weighted by Gasteiger charge is 2.10. The van der Waals surface area contributed by atoms with E-state index in [1.807, 2.05) is 13.0 Å². The van der Waals surface area contributed by atoms with Crippen molar-refractivity contribution in [3.8, 4) is 0 Å². The fourth-order valence-corrected chi connectivity index (χ4v) is 2.41. The summed E-state index contributed by atoms with van der Waals surface area (Å²) in [7, 11) is 0. The normalized spacial score (nSPS) is 10.3. The van der Waals surface area contributed by atoms with Crippen LogP contribution >= 0.6 is 27.7 Å². The molecule has 0 radical (unpaired) electrons. The van der Waals surface area contributed by atoms with E-state index in [4.69, 9.17) is 5.84 Å². The van der Waals surface area contributed by atoms with Gasteiger partial charge in [0.15, 0.2) is 11.0 Å². The molecule has 8 heteroatoms. The number of hydrogen-bond acceptors (Lipinski definition) is 7. The van der Waals surface area contributed by atoms with Crippen molar-refractivity contribution in [3.05, 3.63) is 28.8 Å². The number of nitrogens with one attached hydrogen (secondary N) is 1. The van der Waals surface area contributed by atoms with E-state index in [9.17, 15) is 0 Å². The first kappa shape index (κ1) is 12.2. The number of rotatable bonds is 3. The minimum atomic E-state index is 0.523. The van der Waals surface area contributed by atoms with Gasteiger partial charge in [-0.3, -0.25) is 0 Å². The van der Waals surface area contributed by atoms with Crippen LogP contribution in [0.5, 0.6) is 0 Å². The summed E-state index contributed by atoms with van der Waals surface area (Å²) in [4.78, 5) is 16.5. The number of aromatic nitrogens is 4. The van der Waals surface area contributed by atoms with Gasteiger partial charge in [0.1, 0.15) is 11.4 Å². The molecule has 0 atom stereocenters. The van der Waals surface area contributed by atoms with E-state index < -0.39 is 0 Å². The summed E-state index contributed by atoms with van der Waals surface area (Å²) in [5.41, 5.74) is 3.39. The summed E-state index contributed by atoms with van der Waals surface area (Å²) in [5, 5.41) is 1.34. The Bertz CT molecular complexity index is 535. The lowest BCUT2D eigenvalue weighted by molar-refractivity contribution is 0.922. The summed E-state index contributed by atoms with van der Waals surface area (Å²) in [6.07, 6.45) is 3.14. The molecule has 6 nitrogen and oxygen atoms in total. The maximum atomic E-state index is 5.33. The predicted molar refractivity (Wildman–Crippen MR) is 68.4 cm³/mol. The zero-order valence-electron chi connectivity index (χ0n) is 8.88. The number of nitrogens with two attached hydrogens (primary N) is 1. The Morgan fingerprint density at radius 2 is 2.18 bits per heavy atom. The molecule has 0 aliphatic heterocycles. The molecule has 0 aromatic carbocycles. The number of halogens is 1. The van der Waals surface area contributed by atoms with Crippen molar-refractivity contribution in [1.29, 1.82) is 0 Å². The smallest absolute Gasteiger partial charge is 0.194 e. The number of aryl methyl sites for hydroxylation is 1. The third kappa shape index (κ3) is 2.90. The molecule has 0 saturated carbocycles. The monoisotopic (exact) mass is 312 g/mol. The fourth-order valence-electron chi connectivity index (χ4n) is 1.09. The van der Waals surface area contributed by atoms with Crippen LogP contribution in [0.15, 0.2) is 33.2 Å². The molecule has 2 aromatic rings. The Morgan fingerprint density at radius 1 is 1.35 bits per heavy atom. The lowest BCUT2D eigenvalue weighted by atomic mass is 10.5. The van der Waals surface area contributed by atoms with Gasteiger partial charge in [0, 0.05) is 11.9 Å². The summed E-state index contributed by atoms with van der Waals surface area (Å²) in [5.74, 6) is 5.85. The first-order valence-electron chi connectivity index (χ1n) is 4.65. The highest BCUT2D eigenvalue weighted by Crippen LogP contribution is 2.32. The van der Waals surface area contributed by atoms with Gasteiger partial charge in [-0.15, -0.1) is 0 Å². The minimum Gasteiger partial charge on any atom is -0.307 e. The van der Waals surface area contributed by atoms with Crippen LogP contribution in [-0.4, -0.2) is 19.9 Å². The second-order valence-corrected chi connectivity index (χ2v) is 4.82. The molecule has 0 spiro atoms. The SMILES string of the molecule is Cc1ccnc(Sc2ncnc(NN)c2Br)n1. The summed E-state index contributed by atoms with van der Waals surface area (Å²) in [6, 6.07) is 1.84. The number of nitrogens with zero attached hydrogens (tertiary/aromatic N) is 4. The van der Waals surface area contributed by atoms with Crippen molar-refractivity contribution in [2.45, 2.75) is 17.1 Å². The molecule has 17 heavy (non-hydrogen) atoms. The maximum Gasteiger partial charge on any atom is 0.194 e. The zero-order valence-corrected chi connectivity index (χ0v) is 11.3. The fraction of sp³-hybridized carbons (Fsp3) is 0.111. The molecule has 0 unspecified atom stereocenters. The molecular weight excluding hydrogens is 304 g/mol. The van der Waals surface area contributed by atoms with E-state index in [0.717, 1.165) is 5.69 Å². The molecule has 0 aliphatic rings. The molecule has 0 aliphatic carbocycles. The van der Waals surface area contributed by atoms with Crippen LogP contribution < -0.4 is 11.3 Å². The van der Waals surface area contributed by atoms with Crippen LogP contribution in [0.3, 0.4) is 0 Å². The van der Waals surface area contributed by atoms with Crippen LogP contribution in [-0.2, 0) is 0 Å². The van der Waals surface area contributed by atoms with Crippen molar-refractivity contribution < 1.29 is 0 Å². The number of hydrogen-bond donors (Lipinski definition) is 2. The average Bonchev–Trinajstić information content (AvgIpc) is 2.32. The van der Waals surface area contributed by atoms with Crippen LogP contribution in [0, 0.1) is 6.92 Å². The van der Waals surface area contributed by atoms with Crippen molar-refractivity contribution in [2.75, 3.05) is 5.43 Å². The van der Waals surface area contributed by atoms with Crippen molar-refractivity contribution in [3.63, 3.8) is 0 Å². The van der Waals surface area contributed by atoms with E-state index in [2.05, 4.69) is 41.3 Å². The van der Waals surface area contributed by atoms with Gasteiger partial charge in [0.05, 0.1) is 4.47 Å². The molecule has 2 heterocycles. The average molecular weight is 313 g/mol. The van der Waals surface area contributed by atoms with Gasteiger partial charge in [-0.05, 0) is 40.7 Å². The Kier molecular flexibility index (Phi) is 3.87. The van der Waals surface area contributed by atoms with Gasteiger partial charge in [-0.25, -0.2) is 25.8 Å². The quantitative estimate of drug-likeness (QED) is 0.386. The second-order valence-electron chi connectivity index (χ2n) is 3.07. The first-order valence-corrected chi connectivity index (χ1v) is 6.26. The largest absolute Gasteiger partial charge is 0.307 e. The van der Waals surface area contributed by atoms with E-state index in [0.29, 0.717) is 20.5 Å². The van der Waals surface area contributed by atoms with E-state index in [1.54, 1.807) is 6.20 Å². The number of nitrogen functional groups attached to an aromatic ring is 1. The van der Waals surface area contributed by atoms with E-state index >= 15 is 0 Å². The molecule has 2 rings (SSSR count).